The molecule has 0 saturated heterocycles. The van der Waals surface area contributed by atoms with Gasteiger partial charge in [0.1, 0.15) is 0 Å². The maximum absolute atomic E-state index is 12.9. The second-order valence-electron chi connectivity index (χ2n) is 8.60. The predicted molar refractivity (Wildman–Crippen MR) is 143 cm³/mol. The molecule has 6 rings (SSSR count). The fourth-order valence-corrected chi connectivity index (χ4v) is 9.11. The summed E-state index contributed by atoms with van der Waals surface area (Å²) in [6.07, 6.45) is -8.74. The summed E-state index contributed by atoms with van der Waals surface area (Å²) in [6.45, 7) is 0. The fraction of sp³-hybridized carbons (Fsp3) is 0.0714. The first-order valence-electron chi connectivity index (χ1n) is 11.4. The van der Waals surface area contributed by atoms with Crippen molar-refractivity contribution in [1.29, 1.82) is 0 Å². The molecule has 0 fully saturated rings. The normalized spacial score (nSPS) is 12.4. The molecule has 3 aromatic heterocycles. The van der Waals surface area contributed by atoms with Crippen LogP contribution in [0.1, 0.15) is 11.1 Å². The van der Waals surface area contributed by atoms with E-state index in [1.807, 2.05) is 36.4 Å². The van der Waals surface area contributed by atoms with Crippen LogP contribution in [0.5, 0.6) is 0 Å². The summed E-state index contributed by atoms with van der Waals surface area (Å²) in [6, 6.07) is 22.3. The van der Waals surface area contributed by atoms with Crippen LogP contribution in [0.15, 0.2) is 84.9 Å². The minimum atomic E-state index is -4.37. The molecule has 0 amide bonds. The van der Waals surface area contributed by atoms with Crippen molar-refractivity contribution in [3.63, 3.8) is 0 Å². The van der Waals surface area contributed by atoms with E-state index in [0.717, 1.165) is 87.0 Å². The molecule has 11 heteroatoms. The Balaban J connectivity index is 1.31. The van der Waals surface area contributed by atoms with E-state index in [9.17, 15) is 26.3 Å². The van der Waals surface area contributed by atoms with Crippen LogP contribution >= 0.6 is 11.7 Å². The van der Waals surface area contributed by atoms with Gasteiger partial charge in [-0.25, -0.2) is 0 Å². The molecule has 0 aliphatic rings. The van der Waals surface area contributed by atoms with Gasteiger partial charge in [0.15, 0.2) is 0 Å². The SMILES string of the molecule is FC(F)(F)c1ccc(-c2ccc(-c3ccc(-c4ccc(-c5ccc(C(F)(F)F)cc5)[se]4)c4nsnc34)[se]2)cc1. The summed E-state index contributed by atoms with van der Waals surface area (Å²) >= 11 is 0.875. The van der Waals surface area contributed by atoms with Gasteiger partial charge >= 0.3 is 235 Å². The first-order chi connectivity index (χ1) is 18.6. The Morgan fingerprint density at radius 2 is 0.821 bits per heavy atom. The van der Waals surface area contributed by atoms with E-state index in [1.165, 1.54) is 24.3 Å². The van der Waals surface area contributed by atoms with Crippen LogP contribution in [0.2, 0.25) is 0 Å². The molecule has 0 atom stereocenters. The number of benzene rings is 3. The topological polar surface area (TPSA) is 25.8 Å². The molecule has 3 aromatic carbocycles. The van der Waals surface area contributed by atoms with Gasteiger partial charge in [0.05, 0.1) is 0 Å². The zero-order chi connectivity index (χ0) is 27.4. The molecule has 3 heterocycles. The third kappa shape index (κ3) is 5.17. The van der Waals surface area contributed by atoms with Crippen LogP contribution in [-0.2, 0) is 12.4 Å². The van der Waals surface area contributed by atoms with E-state index in [2.05, 4.69) is 8.75 Å². The second kappa shape index (κ2) is 9.91. The van der Waals surface area contributed by atoms with Gasteiger partial charge in [-0.3, -0.25) is 0 Å². The molecule has 0 aliphatic carbocycles. The van der Waals surface area contributed by atoms with Crippen LogP contribution in [0.3, 0.4) is 0 Å². The van der Waals surface area contributed by atoms with Crippen molar-refractivity contribution in [3.8, 4) is 40.0 Å². The predicted octanol–water partition coefficient (Wildman–Crippen LogP) is 8.51. The van der Waals surface area contributed by atoms with Gasteiger partial charge in [-0.2, -0.15) is 0 Å². The number of hydrogen-bond acceptors (Lipinski definition) is 3. The monoisotopic (exact) mass is 684 g/mol. The second-order valence-corrected chi connectivity index (χ2v) is 13.7. The zero-order valence-electron chi connectivity index (χ0n) is 19.5. The van der Waals surface area contributed by atoms with E-state index >= 15 is 0 Å². The van der Waals surface area contributed by atoms with Crippen molar-refractivity contribution in [3.05, 3.63) is 96.1 Å². The van der Waals surface area contributed by atoms with E-state index in [4.69, 9.17) is 0 Å². The number of alkyl halides is 6. The van der Waals surface area contributed by atoms with Gasteiger partial charge in [-0.05, 0) is 0 Å². The molecule has 196 valence electrons. The Morgan fingerprint density at radius 3 is 1.18 bits per heavy atom. The van der Waals surface area contributed by atoms with Crippen LogP contribution in [-0.4, -0.2) is 37.8 Å². The van der Waals surface area contributed by atoms with Crippen LogP contribution in [0, 0.1) is 0 Å². The summed E-state index contributed by atoms with van der Waals surface area (Å²) in [7, 11) is 0. The molecule has 0 saturated carbocycles. The number of rotatable bonds is 4. The van der Waals surface area contributed by atoms with Crippen molar-refractivity contribution in [2.75, 3.05) is 0 Å². The molecular weight excluding hydrogens is 668 g/mol. The average molecular weight is 682 g/mol. The first-order valence-corrected chi connectivity index (χ1v) is 15.5. The summed E-state index contributed by atoms with van der Waals surface area (Å²) < 4.78 is 90.8. The van der Waals surface area contributed by atoms with Crippen molar-refractivity contribution in [1.82, 2.24) is 8.75 Å². The molecular formula is C28H14F6N2SSe2. The maximum atomic E-state index is 12.9. The Kier molecular flexibility index (Phi) is 6.68. The Morgan fingerprint density at radius 1 is 0.462 bits per heavy atom. The summed E-state index contributed by atoms with van der Waals surface area (Å²) in [5.41, 5.74) is 3.62. The molecule has 39 heavy (non-hydrogen) atoms. The standard InChI is InChI=1S/C28H14F6N2SSe2/c29-27(30,31)17-5-1-15(2-6-17)21-11-13-23(38-21)19-9-10-20(26-25(19)35-37-36-26)24-14-12-22(39-24)16-3-7-18(8-4-16)28(32,33)34/h1-14H. The molecule has 2 nitrogen and oxygen atoms in total. The Hall–Kier alpha value is -2.94. The van der Waals surface area contributed by atoms with Crippen LogP contribution in [0.4, 0.5) is 26.3 Å². The zero-order valence-corrected chi connectivity index (χ0v) is 23.7. The van der Waals surface area contributed by atoms with Gasteiger partial charge in [0, 0.05) is 0 Å². The van der Waals surface area contributed by atoms with Crippen LogP contribution in [0.25, 0.3) is 51.0 Å². The average Bonchev–Trinajstić information content (AvgIpc) is 3.68. The van der Waals surface area contributed by atoms with E-state index < -0.39 is 23.5 Å². The number of nitrogens with zero attached hydrogens (tertiary/aromatic N) is 2. The number of fused-ring (bicyclic) bond motifs is 1. The fourth-order valence-electron chi connectivity index (χ4n) is 4.19. The van der Waals surface area contributed by atoms with Gasteiger partial charge in [-0.1, -0.05) is 0 Å². The van der Waals surface area contributed by atoms with Crippen molar-refractivity contribution >= 4 is 51.8 Å². The minimum absolute atomic E-state index is 0.119. The van der Waals surface area contributed by atoms with E-state index in [1.54, 1.807) is 0 Å². The van der Waals surface area contributed by atoms with Crippen LogP contribution < -0.4 is 0 Å². The Bertz CT molecular complexity index is 1650. The van der Waals surface area contributed by atoms with Gasteiger partial charge in [0.2, 0.25) is 0 Å². The quantitative estimate of drug-likeness (QED) is 0.138. The molecule has 0 spiro atoms. The Labute approximate surface area is 234 Å². The number of aromatic nitrogens is 2. The molecule has 0 radical (unpaired) electrons. The molecule has 0 bridgehead atoms. The van der Waals surface area contributed by atoms with Gasteiger partial charge < -0.3 is 0 Å². The summed E-state index contributed by atoms with van der Waals surface area (Å²) in [5, 5.41) is 0. The molecule has 6 aromatic rings. The summed E-state index contributed by atoms with van der Waals surface area (Å²) in [5.74, 6) is 0. The summed E-state index contributed by atoms with van der Waals surface area (Å²) in [4.78, 5) is 0. The molecule has 0 aliphatic heterocycles. The third-order valence-electron chi connectivity index (χ3n) is 6.15. The van der Waals surface area contributed by atoms with Crippen molar-refractivity contribution in [2.24, 2.45) is 0 Å². The van der Waals surface area contributed by atoms with E-state index in [-0.39, 0.29) is 29.0 Å². The first kappa shape index (κ1) is 26.3. The van der Waals surface area contributed by atoms with E-state index in [0.29, 0.717) is 0 Å². The number of halogens is 6. The van der Waals surface area contributed by atoms with Gasteiger partial charge in [0.25, 0.3) is 0 Å². The third-order valence-corrected chi connectivity index (χ3v) is 11.6. The molecule has 0 unspecified atom stereocenters. The van der Waals surface area contributed by atoms with Crippen molar-refractivity contribution in [2.45, 2.75) is 12.4 Å². The number of hydrogen-bond donors (Lipinski definition) is 0. The van der Waals surface area contributed by atoms with Crippen molar-refractivity contribution < 1.29 is 26.3 Å². The molecule has 0 N–H and O–H groups in total. The van der Waals surface area contributed by atoms with Gasteiger partial charge in [-0.15, -0.1) is 0 Å².